The third-order valence-corrected chi connectivity index (χ3v) is 0.550. The van der Waals surface area contributed by atoms with Crippen LogP contribution in [0.3, 0.4) is 0 Å². The van der Waals surface area contributed by atoms with E-state index in [1.165, 1.54) is 0 Å². The molecule has 0 aromatic rings. The molecule has 0 saturated carbocycles. The Morgan fingerprint density at radius 1 is 1.86 bits per heavy atom. The molecule has 40 valence electrons. The van der Waals surface area contributed by atoms with Crippen molar-refractivity contribution in [2.45, 2.75) is 0 Å². The Bertz CT molecular complexity index is 87.7. The van der Waals surface area contributed by atoms with Crippen LogP contribution in [0.5, 0.6) is 0 Å². The van der Waals surface area contributed by atoms with E-state index >= 15 is 0 Å². The average Bonchev–Trinajstić information content (AvgIpc) is 1.61. The zero-order valence-electron chi connectivity index (χ0n) is 4.14. The van der Waals surface area contributed by atoms with Gasteiger partial charge in [-0.2, -0.15) is 0 Å². The van der Waals surface area contributed by atoms with Gasteiger partial charge >= 0.3 is 0 Å². The summed E-state index contributed by atoms with van der Waals surface area (Å²) < 4.78 is 0. The summed E-state index contributed by atoms with van der Waals surface area (Å²) in [5.41, 5.74) is 5.08. The van der Waals surface area contributed by atoms with Crippen molar-refractivity contribution in [1.82, 2.24) is 5.32 Å². The molecule has 2 nitrogen and oxygen atoms in total. The lowest BCUT2D eigenvalue weighted by atomic mass is 10.6. The minimum Gasteiger partial charge on any atom is -0.394 e. The van der Waals surface area contributed by atoms with Gasteiger partial charge in [0, 0.05) is 7.05 Å². The van der Waals surface area contributed by atoms with Gasteiger partial charge in [-0.15, -0.1) is 0 Å². The van der Waals surface area contributed by atoms with Gasteiger partial charge in [-0.3, -0.25) is 0 Å². The normalized spacial score (nSPS) is 9.29. The van der Waals surface area contributed by atoms with Gasteiger partial charge in [0.05, 0.1) is 4.99 Å². The van der Waals surface area contributed by atoms with Crippen molar-refractivity contribution in [1.29, 1.82) is 0 Å². The van der Waals surface area contributed by atoms with Crippen LogP contribution in [0.15, 0.2) is 12.3 Å². The lowest BCUT2D eigenvalue weighted by molar-refractivity contribution is 1.11. The molecule has 0 aliphatic carbocycles. The number of hydrogen-bond acceptors (Lipinski definition) is 2. The molecule has 0 unspecified atom stereocenters. The SMILES string of the molecule is CNC=CC(N)=S. The van der Waals surface area contributed by atoms with E-state index < -0.39 is 0 Å². The number of hydrogen-bond donors (Lipinski definition) is 2. The molecule has 0 radical (unpaired) electrons. The molecule has 0 heterocycles. The van der Waals surface area contributed by atoms with Crippen LogP contribution in [0.1, 0.15) is 0 Å². The fourth-order valence-electron chi connectivity index (χ4n) is 0.165. The maximum absolute atomic E-state index is 5.08. The van der Waals surface area contributed by atoms with E-state index in [-0.39, 0.29) is 0 Å². The molecule has 0 bridgehead atoms. The van der Waals surface area contributed by atoms with Crippen molar-refractivity contribution < 1.29 is 0 Å². The van der Waals surface area contributed by atoms with Gasteiger partial charge in [0.2, 0.25) is 0 Å². The van der Waals surface area contributed by atoms with Gasteiger partial charge in [-0.25, -0.2) is 0 Å². The maximum atomic E-state index is 5.08. The van der Waals surface area contributed by atoms with Crippen molar-refractivity contribution in [3.8, 4) is 0 Å². The van der Waals surface area contributed by atoms with Gasteiger partial charge in [0.1, 0.15) is 0 Å². The highest BCUT2D eigenvalue weighted by Gasteiger charge is 1.69. The summed E-state index contributed by atoms with van der Waals surface area (Å²) in [5.74, 6) is 0. The van der Waals surface area contributed by atoms with Crippen LogP contribution in [0.2, 0.25) is 0 Å². The largest absolute Gasteiger partial charge is 0.394 e. The first kappa shape index (κ1) is 6.43. The second-order valence-corrected chi connectivity index (χ2v) is 1.50. The van der Waals surface area contributed by atoms with Crippen molar-refractivity contribution in [2.75, 3.05) is 7.05 Å². The van der Waals surface area contributed by atoms with Crippen LogP contribution < -0.4 is 11.1 Å². The van der Waals surface area contributed by atoms with Crippen molar-refractivity contribution >= 4 is 17.2 Å². The van der Waals surface area contributed by atoms with Gasteiger partial charge in [0.15, 0.2) is 0 Å². The van der Waals surface area contributed by atoms with E-state index in [0.717, 1.165) is 0 Å². The summed E-state index contributed by atoms with van der Waals surface area (Å²) in [6.07, 6.45) is 3.30. The van der Waals surface area contributed by atoms with Crippen molar-refractivity contribution in [3.63, 3.8) is 0 Å². The molecule has 0 atom stereocenters. The van der Waals surface area contributed by atoms with Crippen LogP contribution in [0, 0.1) is 0 Å². The molecule has 3 heteroatoms. The molecule has 0 spiro atoms. The average molecular weight is 116 g/mol. The van der Waals surface area contributed by atoms with Gasteiger partial charge in [-0.1, -0.05) is 12.2 Å². The number of nitrogens with one attached hydrogen (secondary N) is 1. The summed E-state index contributed by atoms with van der Waals surface area (Å²) in [5, 5.41) is 2.75. The molecular formula is C4H8N2S. The molecule has 0 fully saturated rings. The highest BCUT2D eigenvalue weighted by Crippen LogP contribution is 1.65. The minimum atomic E-state index is 0.398. The van der Waals surface area contributed by atoms with E-state index in [4.69, 9.17) is 5.73 Å². The molecule has 7 heavy (non-hydrogen) atoms. The quantitative estimate of drug-likeness (QED) is 0.394. The van der Waals surface area contributed by atoms with Crippen LogP contribution in [0.25, 0.3) is 0 Å². The summed E-state index contributed by atoms with van der Waals surface area (Å²) in [4.78, 5) is 0.398. The zero-order chi connectivity index (χ0) is 5.70. The Balaban J connectivity index is 3.26. The molecule has 0 rings (SSSR count). The molecule has 0 saturated heterocycles. The van der Waals surface area contributed by atoms with Crippen molar-refractivity contribution in [2.24, 2.45) is 5.73 Å². The Kier molecular flexibility index (Phi) is 3.32. The smallest absolute Gasteiger partial charge is 0.0976 e. The first-order valence-corrected chi connectivity index (χ1v) is 2.31. The monoisotopic (exact) mass is 116 g/mol. The highest BCUT2D eigenvalue weighted by atomic mass is 32.1. The Morgan fingerprint density at radius 2 is 2.43 bits per heavy atom. The Morgan fingerprint density at radius 3 is 2.57 bits per heavy atom. The third-order valence-electron chi connectivity index (χ3n) is 0.414. The second kappa shape index (κ2) is 3.61. The minimum absolute atomic E-state index is 0.398. The molecule has 0 amide bonds. The van der Waals surface area contributed by atoms with E-state index in [1.54, 1.807) is 19.3 Å². The van der Waals surface area contributed by atoms with E-state index in [0.29, 0.717) is 4.99 Å². The molecule has 0 aromatic heterocycles. The Labute approximate surface area is 48.4 Å². The lowest BCUT2D eigenvalue weighted by Crippen LogP contribution is -2.04. The zero-order valence-corrected chi connectivity index (χ0v) is 4.96. The molecule has 0 aliphatic rings. The summed E-state index contributed by atoms with van der Waals surface area (Å²) in [6.45, 7) is 0. The van der Waals surface area contributed by atoms with E-state index in [2.05, 4.69) is 17.5 Å². The third kappa shape index (κ3) is 5.43. The topological polar surface area (TPSA) is 38.0 Å². The summed E-state index contributed by atoms with van der Waals surface area (Å²) in [7, 11) is 1.79. The van der Waals surface area contributed by atoms with E-state index in [1.807, 2.05) is 0 Å². The first-order chi connectivity index (χ1) is 3.27. The summed E-state index contributed by atoms with van der Waals surface area (Å²) >= 11 is 4.51. The number of nitrogens with two attached hydrogens (primary N) is 1. The first-order valence-electron chi connectivity index (χ1n) is 1.90. The molecule has 0 aromatic carbocycles. The molecule has 3 N–H and O–H groups in total. The highest BCUT2D eigenvalue weighted by molar-refractivity contribution is 7.80. The number of thiocarbonyl (C=S) groups is 1. The Hall–Kier alpha value is -0.570. The van der Waals surface area contributed by atoms with Crippen molar-refractivity contribution in [3.05, 3.63) is 12.3 Å². The fourth-order valence-corrected chi connectivity index (χ4v) is 0.234. The molecular weight excluding hydrogens is 108 g/mol. The standard InChI is InChI=1S/C4H8N2S/c1-6-3-2-4(5)7/h2-3,6H,1H3,(H2,5,7). The van der Waals surface area contributed by atoms with Crippen LogP contribution >= 0.6 is 12.2 Å². The van der Waals surface area contributed by atoms with Crippen LogP contribution in [0.4, 0.5) is 0 Å². The van der Waals surface area contributed by atoms with Crippen LogP contribution in [-0.4, -0.2) is 12.0 Å². The predicted octanol–water partition coefficient (Wildman–Crippen LogP) is 0.00560. The summed E-state index contributed by atoms with van der Waals surface area (Å²) in [6, 6.07) is 0. The lowest BCUT2D eigenvalue weighted by Gasteiger charge is -1.82. The molecule has 0 aliphatic heterocycles. The maximum Gasteiger partial charge on any atom is 0.0976 e. The van der Waals surface area contributed by atoms with Gasteiger partial charge < -0.3 is 11.1 Å². The van der Waals surface area contributed by atoms with Gasteiger partial charge in [-0.05, 0) is 12.3 Å². The second-order valence-electron chi connectivity index (χ2n) is 1.02. The predicted molar refractivity (Wildman–Crippen MR) is 35.0 cm³/mol. The van der Waals surface area contributed by atoms with E-state index in [9.17, 15) is 0 Å². The van der Waals surface area contributed by atoms with Gasteiger partial charge in [0.25, 0.3) is 0 Å². The number of rotatable bonds is 2. The van der Waals surface area contributed by atoms with Crippen LogP contribution in [-0.2, 0) is 0 Å². The fraction of sp³-hybridized carbons (Fsp3) is 0.250.